The van der Waals surface area contributed by atoms with E-state index in [4.69, 9.17) is 18.9 Å². The second kappa shape index (κ2) is 10.1. The number of carbonyl (C=O) groups is 1. The van der Waals surface area contributed by atoms with Gasteiger partial charge in [0.05, 0.1) is 25.1 Å². The highest BCUT2D eigenvalue weighted by Crippen LogP contribution is 2.37. The fraction of sp³-hybridized carbons (Fsp3) is 0.440. The summed E-state index contributed by atoms with van der Waals surface area (Å²) in [5, 5.41) is 2.80. The maximum absolute atomic E-state index is 13.2. The molecule has 1 amide bonds. The van der Waals surface area contributed by atoms with Gasteiger partial charge in [0.25, 0.3) is 5.91 Å². The number of amides is 1. The smallest absolute Gasteiger partial charge is 0.387 e. The molecule has 1 saturated carbocycles. The molecule has 35 heavy (non-hydrogen) atoms. The van der Waals surface area contributed by atoms with Gasteiger partial charge in [-0.05, 0) is 50.3 Å². The Bertz CT molecular complexity index is 1210. The normalized spacial score (nSPS) is 18.0. The summed E-state index contributed by atoms with van der Waals surface area (Å²) in [6.45, 7) is -1.87. The van der Waals surface area contributed by atoms with Crippen LogP contribution in [0.5, 0.6) is 17.2 Å². The highest BCUT2D eigenvalue weighted by molar-refractivity contribution is 6.01. The van der Waals surface area contributed by atoms with Gasteiger partial charge in [0.2, 0.25) is 0 Å². The average Bonchev–Trinajstić information content (AvgIpc) is 3.57. The third-order valence-corrected chi connectivity index (χ3v) is 6.13. The molecule has 1 N–H and O–H groups in total. The zero-order valence-corrected chi connectivity index (χ0v) is 19.3. The summed E-state index contributed by atoms with van der Waals surface area (Å²) in [5.74, 6) is 0.0391. The van der Waals surface area contributed by atoms with E-state index >= 15 is 0 Å². The number of hydrogen-bond acceptors (Lipinski definition) is 6. The molecule has 1 atom stereocenters. The van der Waals surface area contributed by atoms with Crippen molar-refractivity contribution in [2.45, 2.75) is 50.9 Å². The van der Waals surface area contributed by atoms with Gasteiger partial charge < -0.3 is 24.3 Å². The van der Waals surface area contributed by atoms with E-state index in [1.807, 2.05) is 6.07 Å². The lowest BCUT2D eigenvalue weighted by Gasteiger charge is -2.22. The lowest BCUT2D eigenvalue weighted by Crippen LogP contribution is -2.26. The van der Waals surface area contributed by atoms with Crippen molar-refractivity contribution < 1.29 is 32.5 Å². The van der Waals surface area contributed by atoms with Gasteiger partial charge >= 0.3 is 6.61 Å². The van der Waals surface area contributed by atoms with E-state index in [2.05, 4.69) is 10.3 Å². The predicted octanol–water partition coefficient (Wildman–Crippen LogP) is 4.45. The maximum Gasteiger partial charge on any atom is 0.387 e. The SMILES string of the molecule is COc1cc(-c2cnc3cc(OCC4CCCCO4)ccn23)cc(OC(F)F)c1C(=O)NC1CC1. The summed E-state index contributed by atoms with van der Waals surface area (Å²) in [5.41, 5.74) is 1.69. The summed E-state index contributed by atoms with van der Waals surface area (Å²) in [7, 11) is 1.38. The van der Waals surface area contributed by atoms with Gasteiger partial charge in [0.15, 0.2) is 0 Å². The first-order valence-corrected chi connectivity index (χ1v) is 11.7. The summed E-state index contributed by atoms with van der Waals surface area (Å²) in [6.07, 6.45) is 8.42. The van der Waals surface area contributed by atoms with Crippen molar-refractivity contribution in [3.63, 3.8) is 0 Å². The van der Waals surface area contributed by atoms with E-state index in [1.165, 1.54) is 13.2 Å². The molecule has 1 unspecified atom stereocenters. The maximum atomic E-state index is 13.2. The molecular formula is C25H27F2N3O5. The molecule has 2 fully saturated rings. The molecule has 3 aromatic rings. The van der Waals surface area contributed by atoms with E-state index in [0.29, 0.717) is 29.3 Å². The van der Waals surface area contributed by atoms with Crippen molar-refractivity contribution in [1.82, 2.24) is 14.7 Å². The van der Waals surface area contributed by atoms with Gasteiger partial charge in [0, 0.05) is 30.5 Å². The first-order valence-electron chi connectivity index (χ1n) is 11.7. The van der Waals surface area contributed by atoms with Gasteiger partial charge in [-0.25, -0.2) is 4.98 Å². The Kier molecular flexibility index (Phi) is 6.72. The summed E-state index contributed by atoms with van der Waals surface area (Å²) < 4.78 is 50.0. The van der Waals surface area contributed by atoms with Gasteiger partial charge in [-0.1, -0.05) is 0 Å². The molecule has 5 rings (SSSR count). The van der Waals surface area contributed by atoms with Crippen molar-refractivity contribution >= 4 is 11.6 Å². The molecule has 8 nitrogen and oxygen atoms in total. The first kappa shape index (κ1) is 23.3. The Morgan fingerprint density at radius 3 is 2.77 bits per heavy atom. The minimum atomic E-state index is -3.10. The number of rotatable bonds is 9. The Hall–Kier alpha value is -3.40. The number of fused-ring (bicyclic) bond motifs is 1. The summed E-state index contributed by atoms with van der Waals surface area (Å²) in [4.78, 5) is 17.2. The molecule has 0 spiro atoms. The largest absolute Gasteiger partial charge is 0.496 e. The number of nitrogens with zero attached hydrogens (tertiary/aromatic N) is 2. The fourth-order valence-corrected chi connectivity index (χ4v) is 4.19. The van der Waals surface area contributed by atoms with Crippen molar-refractivity contribution in [1.29, 1.82) is 0 Å². The van der Waals surface area contributed by atoms with E-state index in [9.17, 15) is 13.6 Å². The first-order chi connectivity index (χ1) is 17.0. The highest BCUT2D eigenvalue weighted by Gasteiger charge is 2.29. The molecule has 186 valence electrons. The van der Waals surface area contributed by atoms with Crippen molar-refractivity contribution in [2.75, 3.05) is 20.3 Å². The number of halogens is 2. The Morgan fingerprint density at radius 1 is 1.23 bits per heavy atom. The molecule has 0 bridgehead atoms. The van der Waals surface area contributed by atoms with E-state index in [1.54, 1.807) is 28.9 Å². The molecule has 2 aromatic heterocycles. The number of aromatic nitrogens is 2. The molecule has 1 aliphatic carbocycles. The lowest BCUT2D eigenvalue weighted by molar-refractivity contribution is -0.0502. The van der Waals surface area contributed by atoms with Crippen LogP contribution in [0, 0.1) is 0 Å². The third-order valence-electron chi connectivity index (χ3n) is 6.13. The topological polar surface area (TPSA) is 83.3 Å². The predicted molar refractivity (Wildman–Crippen MR) is 123 cm³/mol. The second-order valence-corrected chi connectivity index (χ2v) is 8.71. The number of benzene rings is 1. The summed E-state index contributed by atoms with van der Waals surface area (Å²) in [6, 6.07) is 6.69. The fourth-order valence-electron chi connectivity index (χ4n) is 4.19. The molecule has 1 saturated heterocycles. The molecular weight excluding hydrogens is 460 g/mol. The Balaban J connectivity index is 1.44. The molecule has 10 heteroatoms. The number of imidazole rings is 1. The molecule has 2 aliphatic rings. The number of hydrogen-bond donors (Lipinski definition) is 1. The van der Waals surface area contributed by atoms with Crippen LogP contribution < -0.4 is 19.5 Å². The van der Waals surface area contributed by atoms with Crippen LogP contribution in [0.1, 0.15) is 42.5 Å². The van der Waals surface area contributed by atoms with Crippen LogP contribution in [0.25, 0.3) is 16.9 Å². The number of ether oxygens (including phenoxy) is 4. The molecule has 1 aromatic carbocycles. The van der Waals surface area contributed by atoms with Crippen molar-refractivity contribution in [3.05, 3.63) is 42.2 Å². The van der Waals surface area contributed by atoms with Gasteiger partial charge in [-0.15, -0.1) is 0 Å². The second-order valence-electron chi connectivity index (χ2n) is 8.71. The van der Waals surface area contributed by atoms with Gasteiger partial charge in [-0.2, -0.15) is 8.78 Å². The standard InChI is InChI=1S/C25H27F2N3O5/c1-32-20-10-15(11-21(35-25(26)27)23(20)24(31)29-16-5-6-16)19-13-28-22-12-17(7-8-30(19)22)34-14-18-4-2-3-9-33-18/h7-8,10-13,16,18,25H,2-6,9,14H2,1H3,(H,29,31). The number of methoxy groups -OCH3 is 1. The van der Waals surface area contributed by atoms with E-state index in [0.717, 1.165) is 38.7 Å². The quantitative estimate of drug-likeness (QED) is 0.480. The number of nitrogens with one attached hydrogen (secondary N) is 1. The third kappa shape index (κ3) is 5.32. The van der Waals surface area contributed by atoms with Crippen LogP contribution >= 0.6 is 0 Å². The number of carbonyl (C=O) groups excluding carboxylic acids is 1. The van der Waals surface area contributed by atoms with Crippen LogP contribution in [-0.4, -0.2) is 54.4 Å². The Morgan fingerprint density at radius 2 is 2.06 bits per heavy atom. The van der Waals surface area contributed by atoms with Crippen molar-refractivity contribution in [3.8, 4) is 28.5 Å². The zero-order chi connectivity index (χ0) is 24.4. The lowest BCUT2D eigenvalue weighted by atomic mass is 10.1. The van der Waals surface area contributed by atoms with Crippen LogP contribution in [0.2, 0.25) is 0 Å². The minimum absolute atomic E-state index is 0.0474. The minimum Gasteiger partial charge on any atom is -0.496 e. The molecule has 3 heterocycles. The average molecular weight is 488 g/mol. The highest BCUT2D eigenvalue weighted by atomic mass is 19.3. The van der Waals surface area contributed by atoms with Crippen LogP contribution in [0.3, 0.4) is 0 Å². The number of alkyl halides is 2. The number of pyridine rings is 1. The van der Waals surface area contributed by atoms with Gasteiger partial charge in [-0.3, -0.25) is 9.20 Å². The van der Waals surface area contributed by atoms with Gasteiger partial charge in [0.1, 0.15) is 35.1 Å². The molecule has 1 aliphatic heterocycles. The molecule has 0 radical (unpaired) electrons. The zero-order valence-electron chi connectivity index (χ0n) is 19.3. The van der Waals surface area contributed by atoms with Crippen LogP contribution in [0.15, 0.2) is 36.7 Å². The van der Waals surface area contributed by atoms with Crippen LogP contribution in [0.4, 0.5) is 8.78 Å². The summed E-state index contributed by atoms with van der Waals surface area (Å²) >= 11 is 0. The Labute approximate surface area is 201 Å². The monoisotopic (exact) mass is 487 g/mol. The van der Waals surface area contributed by atoms with Crippen molar-refractivity contribution in [2.24, 2.45) is 0 Å². The van der Waals surface area contributed by atoms with E-state index < -0.39 is 12.5 Å². The van der Waals surface area contributed by atoms with E-state index in [-0.39, 0.29) is 29.2 Å². The van der Waals surface area contributed by atoms with Crippen LogP contribution in [-0.2, 0) is 4.74 Å².